The van der Waals surface area contributed by atoms with Gasteiger partial charge in [-0.1, -0.05) is 0 Å². The summed E-state index contributed by atoms with van der Waals surface area (Å²) in [4.78, 5) is 30.4. The van der Waals surface area contributed by atoms with Crippen LogP contribution in [0.2, 0.25) is 0 Å². The smallest absolute Gasteiger partial charge is 0.245 e. The number of carbonyl (C=O) groups is 2. The van der Waals surface area contributed by atoms with E-state index in [4.69, 9.17) is 0 Å². The van der Waals surface area contributed by atoms with E-state index < -0.39 is 6.04 Å². The average Bonchev–Trinajstić information content (AvgIpc) is 2.73. The van der Waals surface area contributed by atoms with Gasteiger partial charge in [0.25, 0.3) is 0 Å². The summed E-state index contributed by atoms with van der Waals surface area (Å²) in [5.74, 6) is -0.0955. The zero-order valence-electron chi connectivity index (χ0n) is 9.84. The van der Waals surface area contributed by atoms with E-state index in [1.807, 2.05) is 6.92 Å². The number of thiazole rings is 1. The van der Waals surface area contributed by atoms with Gasteiger partial charge in [-0.05, 0) is 13.8 Å². The molecule has 0 aromatic carbocycles. The van der Waals surface area contributed by atoms with Gasteiger partial charge in [0.2, 0.25) is 11.8 Å². The van der Waals surface area contributed by atoms with Crippen LogP contribution in [0.25, 0.3) is 0 Å². The Kier molecular flexibility index (Phi) is 3.42. The molecule has 0 aliphatic carbocycles. The van der Waals surface area contributed by atoms with Gasteiger partial charge in [-0.15, -0.1) is 11.3 Å². The number of hydrogen-bond donors (Lipinski definition) is 1. The van der Waals surface area contributed by atoms with Gasteiger partial charge in [-0.2, -0.15) is 0 Å². The first kappa shape index (κ1) is 12.0. The lowest BCUT2D eigenvalue weighted by Crippen LogP contribution is -2.44. The van der Waals surface area contributed by atoms with Gasteiger partial charge >= 0.3 is 0 Å². The molecule has 1 N–H and O–H groups in total. The molecule has 92 valence electrons. The SMILES string of the molecule is CC1NC(=O)CC(C)N(Cc2cncs2)C1=O. The van der Waals surface area contributed by atoms with Crippen molar-refractivity contribution in [2.45, 2.75) is 38.9 Å². The summed E-state index contributed by atoms with van der Waals surface area (Å²) in [6.07, 6.45) is 2.12. The van der Waals surface area contributed by atoms with Crippen LogP contribution in [-0.4, -0.2) is 33.8 Å². The van der Waals surface area contributed by atoms with E-state index in [1.165, 1.54) is 11.3 Å². The summed E-state index contributed by atoms with van der Waals surface area (Å²) in [6, 6.07) is -0.519. The first-order chi connectivity index (χ1) is 8.08. The van der Waals surface area contributed by atoms with Gasteiger partial charge < -0.3 is 10.2 Å². The first-order valence-electron chi connectivity index (χ1n) is 5.55. The van der Waals surface area contributed by atoms with E-state index in [2.05, 4.69) is 10.3 Å². The predicted molar refractivity (Wildman–Crippen MR) is 64.3 cm³/mol. The lowest BCUT2D eigenvalue weighted by molar-refractivity contribution is -0.135. The maximum atomic E-state index is 12.1. The minimum atomic E-state index is -0.444. The largest absolute Gasteiger partial charge is 0.345 e. The monoisotopic (exact) mass is 253 g/mol. The molecule has 1 saturated heterocycles. The van der Waals surface area contributed by atoms with Gasteiger partial charge in [0.15, 0.2) is 0 Å². The summed E-state index contributed by atoms with van der Waals surface area (Å²) in [5.41, 5.74) is 1.75. The Bertz CT molecular complexity index is 418. The van der Waals surface area contributed by atoms with Crippen LogP contribution in [0.4, 0.5) is 0 Å². The van der Waals surface area contributed by atoms with Crippen molar-refractivity contribution < 1.29 is 9.59 Å². The number of amides is 2. The second-order valence-corrected chi connectivity index (χ2v) is 5.25. The van der Waals surface area contributed by atoms with Crippen LogP contribution in [0.5, 0.6) is 0 Å². The molecule has 17 heavy (non-hydrogen) atoms. The van der Waals surface area contributed by atoms with E-state index in [-0.39, 0.29) is 17.9 Å². The van der Waals surface area contributed by atoms with Crippen molar-refractivity contribution in [2.75, 3.05) is 0 Å². The lowest BCUT2D eigenvalue weighted by Gasteiger charge is -2.27. The third kappa shape index (κ3) is 2.63. The summed E-state index contributed by atoms with van der Waals surface area (Å²) in [5, 5.41) is 2.69. The molecule has 1 aromatic rings. The van der Waals surface area contributed by atoms with E-state index >= 15 is 0 Å². The Balaban J connectivity index is 2.17. The maximum Gasteiger partial charge on any atom is 0.245 e. The Morgan fingerprint density at radius 1 is 1.53 bits per heavy atom. The molecule has 6 heteroatoms. The van der Waals surface area contributed by atoms with E-state index in [0.29, 0.717) is 13.0 Å². The molecule has 5 nitrogen and oxygen atoms in total. The molecule has 2 unspecified atom stereocenters. The summed E-state index contributed by atoms with van der Waals surface area (Å²) < 4.78 is 0. The van der Waals surface area contributed by atoms with Gasteiger partial charge in [-0.25, -0.2) is 0 Å². The van der Waals surface area contributed by atoms with Crippen LogP contribution in [0, 0.1) is 0 Å². The number of carbonyl (C=O) groups excluding carboxylic acids is 2. The lowest BCUT2D eigenvalue weighted by atomic mass is 10.2. The molecule has 1 aliphatic heterocycles. The van der Waals surface area contributed by atoms with Crippen molar-refractivity contribution in [1.29, 1.82) is 0 Å². The molecule has 2 heterocycles. The normalized spacial score (nSPS) is 25.6. The van der Waals surface area contributed by atoms with Crippen molar-refractivity contribution in [2.24, 2.45) is 0 Å². The highest BCUT2D eigenvalue weighted by Gasteiger charge is 2.31. The highest BCUT2D eigenvalue weighted by molar-refractivity contribution is 7.09. The fourth-order valence-electron chi connectivity index (χ4n) is 1.93. The van der Waals surface area contributed by atoms with Crippen LogP contribution in [0.3, 0.4) is 0 Å². The number of nitrogens with one attached hydrogen (secondary N) is 1. The van der Waals surface area contributed by atoms with Gasteiger partial charge in [0.1, 0.15) is 6.04 Å². The second kappa shape index (κ2) is 4.83. The van der Waals surface area contributed by atoms with Crippen molar-refractivity contribution in [1.82, 2.24) is 15.2 Å². The average molecular weight is 253 g/mol. The molecule has 1 fully saturated rings. The topological polar surface area (TPSA) is 62.3 Å². The van der Waals surface area contributed by atoms with Crippen molar-refractivity contribution in [3.8, 4) is 0 Å². The number of rotatable bonds is 2. The second-order valence-electron chi connectivity index (χ2n) is 4.28. The molecule has 2 amide bonds. The molecular weight excluding hydrogens is 238 g/mol. The minimum Gasteiger partial charge on any atom is -0.345 e. The standard InChI is InChI=1S/C11H15N3O2S/c1-7-3-10(15)13-8(2)11(16)14(7)5-9-4-12-6-17-9/h4,6-8H,3,5H2,1-2H3,(H,13,15). The van der Waals surface area contributed by atoms with Crippen LogP contribution < -0.4 is 5.32 Å². The predicted octanol–water partition coefficient (Wildman–Crippen LogP) is 0.769. The van der Waals surface area contributed by atoms with E-state index in [9.17, 15) is 9.59 Å². The zero-order chi connectivity index (χ0) is 12.4. The summed E-state index contributed by atoms with van der Waals surface area (Å²) >= 11 is 1.52. The van der Waals surface area contributed by atoms with Crippen molar-refractivity contribution in [3.05, 3.63) is 16.6 Å². The Labute approximate surface area is 104 Å². The molecule has 2 rings (SSSR count). The highest BCUT2D eigenvalue weighted by Crippen LogP contribution is 2.17. The maximum absolute atomic E-state index is 12.1. The van der Waals surface area contributed by atoms with E-state index in [0.717, 1.165) is 4.88 Å². The summed E-state index contributed by atoms with van der Waals surface area (Å²) in [6.45, 7) is 4.15. The fraction of sp³-hybridized carbons (Fsp3) is 0.545. The molecule has 0 radical (unpaired) electrons. The zero-order valence-corrected chi connectivity index (χ0v) is 10.7. The molecule has 0 spiro atoms. The molecule has 1 aliphatic rings. The van der Waals surface area contributed by atoms with Crippen molar-refractivity contribution in [3.63, 3.8) is 0 Å². The van der Waals surface area contributed by atoms with Gasteiger partial charge in [-0.3, -0.25) is 14.6 Å². The van der Waals surface area contributed by atoms with Crippen LogP contribution in [0.1, 0.15) is 25.1 Å². The number of hydrogen-bond acceptors (Lipinski definition) is 4. The molecule has 2 atom stereocenters. The van der Waals surface area contributed by atoms with Gasteiger partial charge in [0.05, 0.1) is 12.1 Å². The summed E-state index contributed by atoms with van der Waals surface area (Å²) in [7, 11) is 0. The fourth-order valence-corrected chi connectivity index (χ4v) is 2.52. The molecular formula is C11H15N3O2S. The number of aromatic nitrogens is 1. The Morgan fingerprint density at radius 2 is 2.29 bits per heavy atom. The quantitative estimate of drug-likeness (QED) is 0.846. The minimum absolute atomic E-state index is 0.0308. The number of nitrogens with zero attached hydrogens (tertiary/aromatic N) is 2. The van der Waals surface area contributed by atoms with Gasteiger partial charge in [0, 0.05) is 23.5 Å². The van der Waals surface area contributed by atoms with Crippen LogP contribution >= 0.6 is 11.3 Å². The Hall–Kier alpha value is -1.43. The molecule has 0 bridgehead atoms. The first-order valence-corrected chi connectivity index (χ1v) is 6.43. The Morgan fingerprint density at radius 3 is 2.94 bits per heavy atom. The van der Waals surface area contributed by atoms with Crippen LogP contribution in [0.15, 0.2) is 11.7 Å². The molecule has 0 saturated carbocycles. The molecule has 1 aromatic heterocycles. The van der Waals surface area contributed by atoms with Crippen LogP contribution in [-0.2, 0) is 16.1 Å². The van der Waals surface area contributed by atoms with E-state index in [1.54, 1.807) is 23.5 Å². The van der Waals surface area contributed by atoms with Crippen molar-refractivity contribution >= 4 is 23.2 Å². The third-order valence-electron chi connectivity index (χ3n) is 2.85. The highest BCUT2D eigenvalue weighted by atomic mass is 32.1. The third-order valence-corrected chi connectivity index (χ3v) is 3.62.